The van der Waals surface area contributed by atoms with Crippen molar-refractivity contribution in [1.82, 2.24) is 0 Å². The lowest BCUT2D eigenvalue weighted by atomic mass is 9.92. The maximum Gasteiger partial charge on any atom is 0.328 e. The molecule has 0 aromatic heterocycles. The smallest absolute Gasteiger partial charge is 0.328 e. The average Bonchev–Trinajstić information content (AvgIpc) is 2.53. The van der Waals surface area contributed by atoms with Gasteiger partial charge in [0.1, 0.15) is 5.75 Å². The fraction of sp³-hybridized carbons (Fsp3) is 0.368. The Morgan fingerprint density at radius 1 is 1.35 bits per heavy atom. The number of ketones is 1. The van der Waals surface area contributed by atoms with Gasteiger partial charge in [0.2, 0.25) is 0 Å². The zero-order valence-electron chi connectivity index (χ0n) is 13.7. The molecular weight excluding hydrogens is 292 g/mol. The van der Waals surface area contributed by atoms with Gasteiger partial charge in [-0.2, -0.15) is 0 Å². The Morgan fingerprint density at radius 3 is 2.65 bits per heavy atom. The van der Waals surface area contributed by atoms with Crippen LogP contribution in [0.2, 0.25) is 0 Å². The van der Waals surface area contributed by atoms with Gasteiger partial charge in [-0.15, -0.1) is 0 Å². The molecule has 0 bridgehead atoms. The standard InChI is InChI=1S/C19H24O4/c1-4-15(19(22)14(2)3)9-7-13-23-17-10-6-5-8-16(17)11-12-18(20)21/h5-6,8,10-12,15H,2,4,7,9,13H2,1,3H3,(H,20,21)/b12-11+. The van der Waals surface area contributed by atoms with Crippen LogP contribution < -0.4 is 4.74 Å². The highest BCUT2D eigenvalue weighted by molar-refractivity contribution is 5.95. The molecule has 1 unspecified atom stereocenters. The maximum absolute atomic E-state index is 11.9. The molecule has 0 saturated heterocycles. The van der Waals surface area contributed by atoms with Crippen LogP contribution in [-0.2, 0) is 9.59 Å². The first-order valence-electron chi connectivity index (χ1n) is 7.78. The second-order valence-electron chi connectivity index (χ2n) is 5.45. The van der Waals surface area contributed by atoms with Crippen molar-refractivity contribution >= 4 is 17.8 Å². The molecule has 1 N–H and O–H groups in total. The minimum atomic E-state index is -0.996. The summed E-state index contributed by atoms with van der Waals surface area (Å²) in [6, 6.07) is 7.27. The lowest BCUT2D eigenvalue weighted by molar-refractivity contribution is -0.131. The second kappa shape index (κ2) is 9.62. The number of ether oxygens (including phenoxy) is 1. The molecule has 0 radical (unpaired) electrons. The van der Waals surface area contributed by atoms with Crippen LogP contribution in [-0.4, -0.2) is 23.5 Å². The zero-order valence-corrected chi connectivity index (χ0v) is 13.7. The molecule has 0 aliphatic carbocycles. The van der Waals surface area contributed by atoms with Gasteiger partial charge in [-0.3, -0.25) is 4.79 Å². The Hall–Kier alpha value is -2.36. The van der Waals surface area contributed by atoms with Gasteiger partial charge in [-0.1, -0.05) is 31.7 Å². The Labute approximate surface area is 137 Å². The van der Waals surface area contributed by atoms with Crippen molar-refractivity contribution in [2.45, 2.75) is 33.1 Å². The van der Waals surface area contributed by atoms with Crippen LogP contribution in [0.25, 0.3) is 6.08 Å². The van der Waals surface area contributed by atoms with Crippen LogP contribution in [0.4, 0.5) is 0 Å². The molecule has 124 valence electrons. The van der Waals surface area contributed by atoms with Crippen molar-refractivity contribution in [1.29, 1.82) is 0 Å². The van der Waals surface area contributed by atoms with Gasteiger partial charge in [-0.25, -0.2) is 4.79 Å². The molecule has 1 aromatic rings. The van der Waals surface area contributed by atoms with E-state index >= 15 is 0 Å². The van der Waals surface area contributed by atoms with Gasteiger partial charge >= 0.3 is 5.97 Å². The molecule has 4 nitrogen and oxygen atoms in total. The van der Waals surface area contributed by atoms with Gasteiger partial charge in [0.15, 0.2) is 5.78 Å². The number of carboxylic acids is 1. The number of para-hydroxylation sites is 1. The molecule has 1 atom stereocenters. The molecule has 23 heavy (non-hydrogen) atoms. The first-order chi connectivity index (χ1) is 11.0. The van der Waals surface area contributed by atoms with Crippen LogP contribution >= 0.6 is 0 Å². The molecule has 0 heterocycles. The van der Waals surface area contributed by atoms with Crippen LogP contribution in [0, 0.1) is 5.92 Å². The van der Waals surface area contributed by atoms with Crippen molar-refractivity contribution in [3.63, 3.8) is 0 Å². The summed E-state index contributed by atoms with van der Waals surface area (Å²) in [4.78, 5) is 22.5. The van der Waals surface area contributed by atoms with E-state index in [1.54, 1.807) is 19.1 Å². The molecule has 0 aliphatic rings. The number of aliphatic carboxylic acids is 1. The molecule has 1 rings (SSSR count). The summed E-state index contributed by atoms with van der Waals surface area (Å²) in [5.74, 6) is -0.233. The van der Waals surface area contributed by atoms with Crippen molar-refractivity contribution in [2.75, 3.05) is 6.61 Å². The number of Topliss-reactive ketones (excluding diaryl/α,β-unsaturated/α-hetero) is 1. The summed E-state index contributed by atoms with van der Waals surface area (Å²) in [5.41, 5.74) is 1.32. The molecule has 0 spiro atoms. The quantitative estimate of drug-likeness (QED) is 0.521. The summed E-state index contributed by atoms with van der Waals surface area (Å²) >= 11 is 0. The summed E-state index contributed by atoms with van der Waals surface area (Å²) in [5, 5.41) is 8.70. The largest absolute Gasteiger partial charge is 0.493 e. The highest BCUT2D eigenvalue weighted by Crippen LogP contribution is 2.21. The molecular formula is C19H24O4. The van der Waals surface area contributed by atoms with E-state index < -0.39 is 5.97 Å². The van der Waals surface area contributed by atoms with Gasteiger partial charge in [0.25, 0.3) is 0 Å². The highest BCUT2D eigenvalue weighted by Gasteiger charge is 2.16. The molecule has 1 aromatic carbocycles. The predicted molar refractivity (Wildman–Crippen MR) is 91.4 cm³/mol. The number of carboxylic acid groups (broad SMARTS) is 1. The summed E-state index contributed by atoms with van der Waals surface area (Å²) in [6.07, 6.45) is 4.91. The Balaban J connectivity index is 2.54. The summed E-state index contributed by atoms with van der Waals surface area (Å²) < 4.78 is 5.73. The molecule has 0 amide bonds. The summed E-state index contributed by atoms with van der Waals surface area (Å²) in [7, 11) is 0. The number of carbonyl (C=O) groups is 2. The van der Waals surface area contributed by atoms with Crippen LogP contribution in [0.1, 0.15) is 38.7 Å². The Bertz CT molecular complexity index is 587. The first kappa shape index (κ1) is 18.7. The molecule has 0 aliphatic heterocycles. The third-order valence-electron chi connectivity index (χ3n) is 3.56. The third-order valence-corrected chi connectivity index (χ3v) is 3.56. The van der Waals surface area contributed by atoms with E-state index in [9.17, 15) is 9.59 Å². The third kappa shape index (κ3) is 6.51. The normalized spacial score (nSPS) is 12.1. The van der Waals surface area contributed by atoms with E-state index in [2.05, 4.69) is 6.58 Å². The SMILES string of the molecule is C=C(C)C(=O)C(CC)CCCOc1ccccc1/C=C/C(=O)O. The fourth-order valence-corrected chi connectivity index (χ4v) is 2.29. The van der Waals surface area contributed by atoms with Gasteiger partial charge in [-0.05, 0) is 43.9 Å². The van der Waals surface area contributed by atoms with E-state index in [0.717, 1.165) is 30.9 Å². The predicted octanol–water partition coefficient (Wildman–Crippen LogP) is 4.11. The topological polar surface area (TPSA) is 63.6 Å². The van der Waals surface area contributed by atoms with E-state index in [1.165, 1.54) is 6.08 Å². The number of hydrogen-bond acceptors (Lipinski definition) is 3. The number of carbonyl (C=O) groups excluding carboxylic acids is 1. The average molecular weight is 316 g/mol. The molecule has 4 heteroatoms. The minimum Gasteiger partial charge on any atom is -0.493 e. The van der Waals surface area contributed by atoms with E-state index in [-0.39, 0.29) is 11.7 Å². The maximum atomic E-state index is 11.9. The monoisotopic (exact) mass is 316 g/mol. The van der Waals surface area contributed by atoms with Crippen LogP contribution in [0.15, 0.2) is 42.5 Å². The highest BCUT2D eigenvalue weighted by atomic mass is 16.5. The zero-order chi connectivity index (χ0) is 17.2. The minimum absolute atomic E-state index is 0.00162. The van der Waals surface area contributed by atoms with E-state index in [0.29, 0.717) is 17.9 Å². The first-order valence-corrected chi connectivity index (χ1v) is 7.78. The van der Waals surface area contributed by atoms with Gasteiger partial charge in [0, 0.05) is 17.6 Å². The lowest BCUT2D eigenvalue weighted by Crippen LogP contribution is -2.15. The van der Waals surface area contributed by atoms with Crippen LogP contribution in [0.5, 0.6) is 5.75 Å². The second-order valence-corrected chi connectivity index (χ2v) is 5.45. The lowest BCUT2D eigenvalue weighted by Gasteiger charge is -2.14. The van der Waals surface area contributed by atoms with Gasteiger partial charge in [0.05, 0.1) is 6.61 Å². The van der Waals surface area contributed by atoms with E-state index in [1.807, 2.05) is 19.1 Å². The number of rotatable bonds is 10. The van der Waals surface area contributed by atoms with Crippen molar-refractivity contribution in [3.05, 3.63) is 48.1 Å². The van der Waals surface area contributed by atoms with Crippen molar-refractivity contribution in [3.8, 4) is 5.75 Å². The number of allylic oxidation sites excluding steroid dienone is 1. The van der Waals surface area contributed by atoms with Crippen molar-refractivity contribution in [2.24, 2.45) is 5.92 Å². The number of benzene rings is 1. The van der Waals surface area contributed by atoms with Crippen molar-refractivity contribution < 1.29 is 19.4 Å². The van der Waals surface area contributed by atoms with E-state index in [4.69, 9.17) is 9.84 Å². The Kier molecular flexibility index (Phi) is 7.81. The molecule has 0 fully saturated rings. The summed E-state index contributed by atoms with van der Waals surface area (Å²) in [6.45, 7) is 7.93. The number of hydrogen-bond donors (Lipinski definition) is 1. The van der Waals surface area contributed by atoms with Crippen LogP contribution in [0.3, 0.4) is 0 Å². The van der Waals surface area contributed by atoms with Gasteiger partial charge < -0.3 is 9.84 Å². The Morgan fingerprint density at radius 2 is 2.04 bits per heavy atom. The fourth-order valence-electron chi connectivity index (χ4n) is 2.29. The molecule has 0 saturated carbocycles.